The van der Waals surface area contributed by atoms with E-state index in [1.807, 2.05) is 66.7 Å². The van der Waals surface area contributed by atoms with Crippen molar-refractivity contribution in [2.75, 3.05) is 30.4 Å². The number of unbranched alkanes of at least 4 members (excludes halogenated alkanes) is 4. The van der Waals surface area contributed by atoms with Crippen LogP contribution in [0.15, 0.2) is 78.9 Å². The Kier molecular flexibility index (Phi) is 10.8. The fraction of sp³-hybridized carbons (Fsp3) is 0.345. The Bertz CT molecular complexity index is 957. The third-order valence-corrected chi connectivity index (χ3v) is 5.46. The molecule has 5 nitrogen and oxygen atoms in total. The van der Waals surface area contributed by atoms with Gasteiger partial charge in [0.25, 0.3) is 0 Å². The normalized spacial score (nSPS) is 10.5. The number of nitrogens with one attached hydrogen (secondary N) is 2. The zero-order valence-corrected chi connectivity index (χ0v) is 20.1. The van der Waals surface area contributed by atoms with E-state index in [4.69, 9.17) is 9.47 Å². The fourth-order valence-electron chi connectivity index (χ4n) is 3.52. The van der Waals surface area contributed by atoms with E-state index in [9.17, 15) is 4.79 Å². The molecule has 0 saturated carbocycles. The van der Waals surface area contributed by atoms with Crippen molar-refractivity contribution < 1.29 is 14.3 Å². The second kappa shape index (κ2) is 14.6. The van der Waals surface area contributed by atoms with E-state index in [1.165, 1.54) is 31.2 Å². The second-order valence-corrected chi connectivity index (χ2v) is 8.30. The molecule has 0 aliphatic heterocycles. The predicted octanol–water partition coefficient (Wildman–Crippen LogP) is 6.71. The van der Waals surface area contributed by atoms with Crippen molar-refractivity contribution in [3.8, 4) is 11.5 Å². The van der Waals surface area contributed by atoms with Gasteiger partial charge in [-0.05, 0) is 60.5 Å². The molecule has 0 spiro atoms. The largest absolute Gasteiger partial charge is 0.494 e. The van der Waals surface area contributed by atoms with Gasteiger partial charge >= 0.3 is 0 Å². The quantitative estimate of drug-likeness (QED) is 0.248. The summed E-state index contributed by atoms with van der Waals surface area (Å²) in [5.74, 6) is 1.54. The first-order chi connectivity index (χ1) is 16.7. The van der Waals surface area contributed by atoms with Crippen molar-refractivity contribution in [3.63, 3.8) is 0 Å². The van der Waals surface area contributed by atoms with E-state index in [-0.39, 0.29) is 12.5 Å². The molecule has 0 radical (unpaired) electrons. The lowest BCUT2D eigenvalue weighted by Gasteiger charge is -2.10. The molecule has 3 rings (SSSR count). The smallest absolute Gasteiger partial charge is 0.243 e. The molecule has 0 aliphatic carbocycles. The molecule has 0 bridgehead atoms. The Labute approximate surface area is 203 Å². The van der Waals surface area contributed by atoms with Crippen molar-refractivity contribution in [3.05, 3.63) is 84.4 Å². The first-order valence-electron chi connectivity index (χ1n) is 12.3. The highest BCUT2D eigenvalue weighted by Crippen LogP contribution is 2.18. The van der Waals surface area contributed by atoms with Crippen LogP contribution in [0.2, 0.25) is 0 Å². The van der Waals surface area contributed by atoms with Crippen LogP contribution in [-0.4, -0.2) is 25.7 Å². The van der Waals surface area contributed by atoms with E-state index in [2.05, 4.69) is 29.7 Å². The SMILES string of the molecule is CCCCCCCOc1ccc(NCC(=O)Nc2ccc(OCCc3ccccc3)cc2)cc1. The van der Waals surface area contributed by atoms with E-state index < -0.39 is 0 Å². The highest BCUT2D eigenvalue weighted by Gasteiger charge is 2.04. The molecule has 0 unspecified atom stereocenters. The van der Waals surface area contributed by atoms with Crippen molar-refractivity contribution in [2.24, 2.45) is 0 Å². The Morgan fingerprint density at radius 3 is 2.00 bits per heavy atom. The van der Waals surface area contributed by atoms with Gasteiger partial charge in [0, 0.05) is 17.8 Å². The van der Waals surface area contributed by atoms with Crippen molar-refractivity contribution in [1.82, 2.24) is 0 Å². The van der Waals surface area contributed by atoms with E-state index >= 15 is 0 Å². The number of amides is 1. The van der Waals surface area contributed by atoms with Gasteiger partial charge in [0.15, 0.2) is 0 Å². The Morgan fingerprint density at radius 1 is 0.706 bits per heavy atom. The number of carbonyl (C=O) groups is 1. The van der Waals surface area contributed by atoms with E-state index in [0.717, 1.165) is 42.3 Å². The standard InChI is InChI=1S/C29H36N2O3/c1-2-3-4-5-9-21-33-27-16-12-25(13-17-27)30-23-29(32)31-26-14-18-28(19-15-26)34-22-20-24-10-7-6-8-11-24/h6-8,10-19,30H,2-5,9,20-23H2,1H3,(H,31,32). The maximum Gasteiger partial charge on any atom is 0.243 e. The van der Waals surface area contributed by atoms with Crippen LogP contribution in [0.5, 0.6) is 11.5 Å². The zero-order valence-electron chi connectivity index (χ0n) is 20.1. The lowest BCUT2D eigenvalue weighted by Crippen LogP contribution is -2.21. The third-order valence-electron chi connectivity index (χ3n) is 5.46. The van der Waals surface area contributed by atoms with Crippen LogP contribution in [0.3, 0.4) is 0 Å². The number of rotatable bonds is 15. The van der Waals surface area contributed by atoms with Gasteiger partial charge in [0.1, 0.15) is 11.5 Å². The lowest BCUT2D eigenvalue weighted by atomic mass is 10.2. The number of benzene rings is 3. The number of ether oxygens (including phenoxy) is 2. The molecule has 0 aromatic heterocycles. The molecule has 180 valence electrons. The van der Waals surface area contributed by atoms with Crippen LogP contribution in [0, 0.1) is 0 Å². The summed E-state index contributed by atoms with van der Waals surface area (Å²) < 4.78 is 11.6. The average molecular weight is 461 g/mol. The first-order valence-corrected chi connectivity index (χ1v) is 12.3. The van der Waals surface area contributed by atoms with Crippen LogP contribution in [0.1, 0.15) is 44.6 Å². The molecule has 3 aromatic rings. The summed E-state index contributed by atoms with van der Waals surface area (Å²) in [4.78, 5) is 12.3. The van der Waals surface area contributed by atoms with Gasteiger partial charge in [-0.25, -0.2) is 0 Å². The molecular formula is C29H36N2O3. The number of hydrogen-bond donors (Lipinski definition) is 2. The fourth-order valence-corrected chi connectivity index (χ4v) is 3.52. The molecule has 0 atom stereocenters. The molecule has 2 N–H and O–H groups in total. The summed E-state index contributed by atoms with van der Waals surface area (Å²) in [6, 6.07) is 25.4. The van der Waals surface area contributed by atoms with Crippen LogP contribution in [0.25, 0.3) is 0 Å². The zero-order chi connectivity index (χ0) is 23.8. The molecule has 5 heteroatoms. The number of anilines is 2. The van der Waals surface area contributed by atoms with E-state index in [1.54, 1.807) is 0 Å². The summed E-state index contributed by atoms with van der Waals surface area (Å²) in [5, 5.41) is 6.04. The van der Waals surface area contributed by atoms with Crippen LogP contribution in [0.4, 0.5) is 11.4 Å². The highest BCUT2D eigenvalue weighted by molar-refractivity contribution is 5.93. The molecule has 34 heavy (non-hydrogen) atoms. The van der Waals surface area contributed by atoms with Gasteiger partial charge in [0.05, 0.1) is 19.8 Å². The van der Waals surface area contributed by atoms with Gasteiger partial charge in [-0.2, -0.15) is 0 Å². The summed E-state index contributed by atoms with van der Waals surface area (Å²) in [5.41, 5.74) is 2.87. The number of carbonyl (C=O) groups excluding carboxylic acids is 1. The van der Waals surface area contributed by atoms with Gasteiger partial charge in [0.2, 0.25) is 5.91 Å². The summed E-state index contributed by atoms with van der Waals surface area (Å²) >= 11 is 0. The monoisotopic (exact) mass is 460 g/mol. The van der Waals surface area contributed by atoms with Crippen molar-refractivity contribution in [2.45, 2.75) is 45.4 Å². The maximum atomic E-state index is 12.3. The molecule has 0 saturated heterocycles. The minimum Gasteiger partial charge on any atom is -0.494 e. The minimum absolute atomic E-state index is 0.106. The highest BCUT2D eigenvalue weighted by atomic mass is 16.5. The summed E-state index contributed by atoms with van der Waals surface area (Å²) in [6.45, 7) is 3.77. The molecule has 1 amide bonds. The van der Waals surface area contributed by atoms with Crippen LogP contribution >= 0.6 is 0 Å². The maximum absolute atomic E-state index is 12.3. The van der Waals surface area contributed by atoms with Crippen LogP contribution < -0.4 is 20.1 Å². The molecule has 0 aliphatic rings. The summed E-state index contributed by atoms with van der Waals surface area (Å²) in [6.07, 6.45) is 6.98. The third kappa shape index (κ3) is 9.57. The molecule has 3 aromatic carbocycles. The minimum atomic E-state index is -0.106. The Morgan fingerprint density at radius 2 is 1.32 bits per heavy atom. The summed E-state index contributed by atoms with van der Waals surface area (Å²) in [7, 11) is 0. The molecular weight excluding hydrogens is 424 g/mol. The van der Waals surface area contributed by atoms with Crippen molar-refractivity contribution in [1.29, 1.82) is 0 Å². The van der Waals surface area contributed by atoms with Crippen molar-refractivity contribution >= 4 is 17.3 Å². The second-order valence-electron chi connectivity index (χ2n) is 8.30. The Hall–Kier alpha value is -3.47. The van der Waals surface area contributed by atoms with Gasteiger partial charge in [-0.1, -0.05) is 62.9 Å². The first kappa shape index (κ1) is 25.2. The molecule has 0 fully saturated rings. The van der Waals surface area contributed by atoms with E-state index in [0.29, 0.717) is 6.61 Å². The lowest BCUT2D eigenvalue weighted by molar-refractivity contribution is -0.114. The number of hydrogen-bond acceptors (Lipinski definition) is 4. The van der Waals surface area contributed by atoms with Gasteiger partial charge < -0.3 is 20.1 Å². The van der Waals surface area contributed by atoms with Gasteiger partial charge in [-0.3, -0.25) is 4.79 Å². The predicted molar refractivity (Wildman–Crippen MR) is 140 cm³/mol. The topological polar surface area (TPSA) is 59.6 Å². The molecule has 0 heterocycles. The Balaban J connectivity index is 1.32. The van der Waals surface area contributed by atoms with Gasteiger partial charge in [-0.15, -0.1) is 0 Å². The van der Waals surface area contributed by atoms with Crippen LogP contribution in [-0.2, 0) is 11.2 Å². The average Bonchev–Trinajstić information content (AvgIpc) is 2.87.